The molecular formula is C24H26N6O5. The quantitative estimate of drug-likeness (QED) is 0.413. The minimum Gasteiger partial charge on any atom is -0.508 e. The largest absolute Gasteiger partial charge is 0.508 e. The van der Waals surface area contributed by atoms with Gasteiger partial charge in [0.05, 0.1) is 6.26 Å². The molecule has 35 heavy (non-hydrogen) atoms. The van der Waals surface area contributed by atoms with E-state index in [-0.39, 0.29) is 23.9 Å². The number of nitrogens with one attached hydrogen (secondary N) is 1. The number of aromatic nitrogens is 4. The van der Waals surface area contributed by atoms with E-state index in [4.69, 9.17) is 8.83 Å². The fraction of sp³-hybridized carbons (Fsp3) is 0.292. The van der Waals surface area contributed by atoms with Crippen molar-refractivity contribution in [1.82, 2.24) is 25.5 Å². The van der Waals surface area contributed by atoms with E-state index in [0.29, 0.717) is 17.2 Å². The predicted molar refractivity (Wildman–Crippen MR) is 125 cm³/mol. The molecule has 4 rings (SSSR count). The summed E-state index contributed by atoms with van der Waals surface area (Å²) in [5.41, 5.74) is -0.276. The number of anilines is 1. The maximum atomic E-state index is 13.7. The van der Waals surface area contributed by atoms with Gasteiger partial charge in [0.15, 0.2) is 11.8 Å². The standard InChI is InChI=1S/C24H26N6O5/c1-15-10-11-19(35-15)22-26-28-29(27-22)14-20(32)30(16-7-5-8-17(31)13-16)21(18-9-6-12-34-18)23(33)25-24(2,3)4/h5-13,21,31H,14H2,1-4H3,(H,25,33). The first-order valence-corrected chi connectivity index (χ1v) is 10.9. The monoisotopic (exact) mass is 478 g/mol. The molecule has 2 N–H and O–H groups in total. The maximum absolute atomic E-state index is 13.7. The molecule has 0 fully saturated rings. The van der Waals surface area contributed by atoms with Crippen LogP contribution >= 0.6 is 0 Å². The van der Waals surface area contributed by atoms with Crippen LogP contribution in [0, 0.1) is 6.92 Å². The van der Waals surface area contributed by atoms with Crippen LogP contribution in [-0.4, -0.2) is 42.7 Å². The lowest BCUT2D eigenvalue weighted by Gasteiger charge is -2.32. The summed E-state index contributed by atoms with van der Waals surface area (Å²) in [7, 11) is 0. The molecule has 1 aromatic carbocycles. The Bertz CT molecular complexity index is 1320. The number of furan rings is 2. The van der Waals surface area contributed by atoms with Gasteiger partial charge in [0.1, 0.15) is 23.8 Å². The summed E-state index contributed by atoms with van der Waals surface area (Å²) in [5, 5.41) is 25.1. The summed E-state index contributed by atoms with van der Waals surface area (Å²) in [5.74, 6) is 0.537. The lowest BCUT2D eigenvalue weighted by Crippen LogP contribution is -2.50. The van der Waals surface area contributed by atoms with Crippen molar-refractivity contribution >= 4 is 17.5 Å². The van der Waals surface area contributed by atoms with E-state index in [1.54, 1.807) is 43.3 Å². The topological polar surface area (TPSA) is 140 Å². The SMILES string of the molecule is Cc1ccc(-c2nnn(CC(=O)N(c3cccc(O)c3)C(C(=O)NC(C)(C)C)c3ccco3)n2)o1. The Morgan fingerprint density at radius 2 is 1.97 bits per heavy atom. The first kappa shape index (κ1) is 23.7. The molecule has 0 aliphatic rings. The van der Waals surface area contributed by atoms with E-state index in [2.05, 4.69) is 20.7 Å². The molecule has 2 amide bonds. The third-order valence-corrected chi connectivity index (χ3v) is 4.88. The van der Waals surface area contributed by atoms with Crippen molar-refractivity contribution in [2.24, 2.45) is 0 Å². The van der Waals surface area contributed by atoms with Crippen molar-refractivity contribution in [2.75, 3.05) is 4.90 Å². The van der Waals surface area contributed by atoms with Gasteiger partial charge in [-0.1, -0.05) is 6.07 Å². The van der Waals surface area contributed by atoms with E-state index in [9.17, 15) is 14.7 Å². The maximum Gasteiger partial charge on any atom is 0.251 e. The zero-order valence-corrected chi connectivity index (χ0v) is 19.8. The summed E-state index contributed by atoms with van der Waals surface area (Å²) >= 11 is 0. The number of phenols is 1. The molecule has 0 saturated heterocycles. The molecule has 0 spiro atoms. The molecular weight excluding hydrogens is 452 g/mol. The van der Waals surface area contributed by atoms with Gasteiger partial charge in [0.25, 0.3) is 11.8 Å². The van der Waals surface area contributed by atoms with E-state index < -0.39 is 23.4 Å². The molecule has 0 aliphatic heterocycles. The summed E-state index contributed by atoms with van der Waals surface area (Å²) in [6.07, 6.45) is 1.43. The molecule has 0 radical (unpaired) electrons. The first-order chi connectivity index (χ1) is 16.6. The van der Waals surface area contributed by atoms with Gasteiger partial charge in [-0.15, -0.1) is 10.2 Å². The summed E-state index contributed by atoms with van der Waals surface area (Å²) < 4.78 is 11.1. The summed E-state index contributed by atoms with van der Waals surface area (Å²) in [6, 6.07) is 11.6. The Kier molecular flexibility index (Phi) is 6.41. The van der Waals surface area contributed by atoms with Crippen molar-refractivity contribution in [2.45, 2.75) is 45.8 Å². The highest BCUT2D eigenvalue weighted by molar-refractivity contribution is 6.01. The normalized spacial score (nSPS) is 12.3. The lowest BCUT2D eigenvalue weighted by atomic mass is 10.1. The van der Waals surface area contributed by atoms with E-state index in [0.717, 1.165) is 4.80 Å². The predicted octanol–water partition coefficient (Wildman–Crippen LogP) is 3.23. The molecule has 1 unspecified atom stereocenters. The number of benzene rings is 1. The molecule has 0 aliphatic carbocycles. The Morgan fingerprint density at radius 3 is 2.60 bits per heavy atom. The second kappa shape index (κ2) is 9.45. The molecule has 3 aromatic heterocycles. The number of nitrogens with zero attached hydrogens (tertiary/aromatic N) is 5. The third-order valence-electron chi connectivity index (χ3n) is 4.88. The Hall–Kier alpha value is -4.41. The summed E-state index contributed by atoms with van der Waals surface area (Å²) in [6.45, 7) is 6.97. The van der Waals surface area contributed by atoms with Gasteiger partial charge in [-0.25, -0.2) is 0 Å². The van der Waals surface area contributed by atoms with Crippen LogP contribution in [0.25, 0.3) is 11.6 Å². The van der Waals surface area contributed by atoms with Crippen molar-refractivity contribution in [3.63, 3.8) is 0 Å². The first-order valence-electron chi connectivity index (χ1n) is 10.9. The van der Waals surface area contributed by atoms with Crippen LogP contribution < -0.4 is 10.2 Å². The second-order valence-electron chi connectivity index (χ2n) is 8.99. The zero-order valence-electron chi connectivity index (χ0n) is 19.8. The van der Waals surface area contributed by atoms with Gasteiger partial charge in [-0.3, -0.25) is 14.5 Å². The number of rotatable bonds is 7. The molecule has 3 heterocycles. The molecule has 1 atom stereocenters. The Balaban J connectivity index is 1.71. The number of hydrogen-bond donors (Lipinski definition) is 2. The van der Waals surface area contributed by atoms with E-state index in [1.807, 2.05) is 20.8 Å². The highest BCUT2D eigenvalue weighted by Crippen LogP contribution is 2.31. The highest BCUT2D eigenvalue weighted by Gasteiger charge is 2.36. The molecule has 182 valence electrons. The van der Waals surface area contributed by atoms with Crippen LogP contribution in [0.4, 0.5) is 5.69 Å². The minimum atomic E-state index is -1.16. The zero-order chi connectivity index (χ0) is 25.2. The lowest BCUT2D eigenvalue weighted by molar-refractivity contribution is -0.128. The van der Waals surface area contributed by atoms with Crippen LogP contribution in [0.1, 0.15) is 38.3 Å². The van der Waals surface area contributed by atoms with E-state index in [1.165, 1.54) is 23.3 Å². The number of aryl methyl sites for hydroxylation is 1. The molecule has 0 bridgehead atoms. The fourth-order valence-electron chi connectivity index (χ4n) is 3.50. The van der Waals surface area contributed by atoms with Crippen LogP contribution in [0.2, 0.25) is 0 Å². The average Bonchev–Trinajstić information content (AvgIpc) is 3.52. The molecule has 11 heteroatoms. The Morgan fingerprint density at radius 1 is 1.17 bits per heavy atom. The smallest absolute Gasteiger partial charge is 0.251 e. The van der Waals surface area contributed by atoms with Crippen molar-refractivity contribution < 1.29 is 23.5 Å². The van der Waals surface area contributed by atoms with Crippen molar-refractivity contribution in [3.8, 4) is 17.3 Å². The highest BCUT2D eigenvalue weighted by atomic mass is 16.3. The molecule has 0 saturated carbocycles. The van der Waals surface area contributed by atoms with Gasteiger partial charge in [0, 0.05) is 17.3 Å². The van der Waals surface area contributed by atoms with Gasteiger partial charge in [-0.2, -0.15) is 4.80 Å². The Labute approximate surface area is 201 Å². The third kappa shape index (κ3) is 5.57. The molecule has 4 aromatic rings. The number of hydrogen-bond acceptors (Lipinski definition) is 8. The minimum absolute atomic E-state index is 0.0657. The van der Waals surface area contributed by atoms with E-state index >= 15 is 0 Å². The number of carbonyl (C=O) groups excluding carboxylic acids is 2. The van der Waals surface area contributed by atoms with Gasteiger partial charge in [0.2, 0.25) is 5.82 Å². The van der Waals surface area contributed by atoms with Gasteiger partial charge < -0.3 is 19.3 Å². The van der Waals surface area contributed by atoms with Gasteiger partial charge in [-0.05, 0) is 69.3 Å². The van der Waals surface area contributed by atoms with Gasteiger partial charge >= 0.3 is 0 Å². The van der Waals surface area contributed by atoms with Crippen LogP contribution in [0.15, 0.2) is 63.6 Å². The number of tetrazole rings is 1. The summed E-state index contributed by atoms with van der Waals surface area (Å²) in [4.78, 5) is 29.4. The van der Waals surface area contributed by atoms with Crippen LogP contribution in [-0.2, 0) is 16.1 Å². The molecule has 11 nitrogen and oxygen atoms in total. The van der Waals surface area contributed by atoms with Crippen LogP contribution in [0.3, 0.4) is 0 Å². The second-order valence-corrected chi connectivity index (χ2v) is 8.99. The van der Waals surface area contributed by atoms with Crippen molar-refractivity contribution in [3.05, 3.63) is 66.3 Å². The number of carbonyl (C=O) groups is 2. The number of amides is 2. The van der Waals surface area contributed by atoms with Crippen LogP contribution in [0.5, 0.6) is 5.75 Å². The number of phenolic OH excluding ortho intramolecular Hbond substituents is 1. The average molecular weight is 479 g/mol. The van der Waals surface area contributed by atoms with Crippen molar-refractivity contribution in [1.29, 1.82) is 0 Å². The number of aromatic hydroxyl groups is 1. The fourth-order valence-corrected chi connectivity index (χ4v) is 3.50.